The Balaban J connectivity index is 2.33. The van der Waals surface area contributed by atoms with Gasteiger partial charge in [0.2, 0.25) is 0 Å². The van der Waals surface area contributed by atoms with Crippen molar-refractivity contribution in [3.8, 4) is 0 Å². The van der Waals surface area contributed by atoms with Crippen LogP contribution in [0.25, 0.3) is 0 Å². The predicted octanol–water partition coefficient (Wildman–Crippen LogP) is 2.34. The first-order valence-corrected chi connectivity index (χ1v) is 5.53. The van der Waals surface area contributed by atoms with Crippen molar-refractivity contribution < 1.29 is 18.7 Å². The third kappa shape index (κ3) is 2.67. The summed E-state index contributed by atoms with van der Waals surface area (Å²) >= 11 is 0. The number of benzene rings is 1. The number of nitrogens with two attached hydrogens (primary N) is 1. The van der Waals surface area contributed by atoms with Crippen LogP contribution in [0.1, 0.15) is 15.9 Å². The lowest BCUT2D eigenvalue weighted by atomic mass is 10.1. The average Bonchev–Trinajstić information content (AvgIpc) is 2.81. The molecule has 1 aromatic heterocycles. The number of hydrogen-bond acceptors (Lipinski definition) is 4. The molecule has 3 N–H and O–H groups in total. The molecule has 100 valence electrons. The SMILES string of the molecule is CN(Cc1ccoc1)c1cc(C(=O)O)c(N)cc1F. The van der Waals surface area contributed by atoms with Crippen LogP contribution in [0.4, 0.5) is 15.8 Å². The number of rotatable bonds is 4. The molecular weight excluding hydrogens is 251 g/mol. The zero-order valence-corrected chi connectivity index (χ0v) is 10.3. The van der Waals surface area contributed by atoms with Crippen LogP contribution in [0.2, 0.25) is 0 Å². The quantitative estimate of drug-likeness (QED) is 0.828. The number of anilines is 2. The standard InChI is InChI=1S/C13H13FN2O3/c1-16(6-8-2-3-19-7-8)12-4-9(13(17)18)11(15)5-10(12)14/h2-5,7H,6,15H2,1H3,(H,17,18). The van der Waals surface area contributed by atoms with E-state index < -0.39 is 11.8 Å². The summed E-state index contributed by atoms with van der Waals surface area (Å²) in [6.45, 7) is 0.399. The van der Waals surface area contributed by atoms with E-state index in [9.17, 15) is 9.18 Å². The van der Waals surface area contributed by atoms with Crippen molar-refractivity contribution in [2.45, 2.75) is 6.54 Å². The summed E-state index contributed by atoms with van der Waals surface area (Å²) in [7, 11) is 1.66. The van der Waals surface area contributed by atoms with Crippen LogP contribution in [0, 0.1) is 5.82 Å². The molecule has 0 unspecified atom stereocenters. The molecule has 19 heavy (non-hydrogen) atoms. The van der Waals surface area contributed by atoms with Gasteiger partial charge in [-0.1, -0.05) is 0 Å². The number of nitrogens with zero attached hydrogens (tertiary/aromatic N) is 1. The fourth-order valence-electron chi connectivity index (χ4n) is 1.80. The van der Waals surface area contributed by atoms with Crippen LogP contribution in [-0.2, 0) is 6.54 Å². The highest BCUT2D eigenvalue weighted by Gasteiger charge is 2.16. The van der Waals surface area contributed by atoms with Gasteiger partial charge in [0, 0.05) is 24.8 Å². The maximum Gasteiger partial charge on any atom is 0.337 e. The van der Waals surface area contributed by atoms with Gasteiger partial charge < -0.3 is 20.2 Å². The normalized spacial score (nSPS) is 10.4. The first kappa shape index (κ1) is 12.9. The molecule has 2 rings (SSSR count). The van der Waals surface area contributed by atoms with Crippen LogP contribution < -0.4 is 10.6 Å². The van der Waals surface area contributed by atoms with E-state index >= 15 is 0 Å². The van der Waals surface area contributed by atoms with E-state index in [1.165, 1.54) is 12.3 Å². The van der Waals surface area contributed by atoms with Gasteiger partial charge in [0.15, 0.2) is 0 Å². The topological polar surface area (TPSA) is 79.7 Å². The second kappa shape index (κ2) is 5.01. The molecule has 0 atom stereocenters. The Bertz CT molecular complexity index is 596. The van der Waals surface area contributed by atoms with Crippen molar-refractivity contribution in [1.29, 1.82) is 0 Å². The van der Waals surface area contributed by atoms with E-state index in [0.29, 0.717) is 6.54 Å². The Morgan fingerprint density at radius 1 is 1.53 bits per heavy atom. The molecule has 0 radical (unpaired) electrons. The number of aromatic carboxylic acids is 1. The maximum atomic E-state index is 13.8. The van der Waals surface area contributed by atoms with Crippen molar-refractivity contribution in [2.75, 3.05) is 17.7 Å². The van der Waals surface area contributed by atoms with Gasteiger partial charge in [-0.25, -0.2) is 9.18 Å². The van der Waals surface area contributed by atoms with Crippen molar-refractivity contribution in [2.24, 2.45) is 0 Å². The third-order valence-corrected chi connectivity index (χ3v) is 2.76. The van der Waals surface area contributed by atoms with Crippen LogP contribution in [-0.4, -0.2) is 18.1 Å². The second-order valence-electron chi connectivity index (χ2n) is 4.18. The molecule has 1 heterocycles. The summed E-state index contributed by atoms with van der Waals surface area (Å²) in [4.78, 5) is 12.6. The fourth-order valence-corrected chi connectivity index (χ4v) is 1.80. The third-order valence-electron chi connectivity index (χ3n) is 2.76. The van der Waals surface area contributed by atoms with Gasteiger partial charge in [-0.05, 0) is 18.2 Å². The highest BCUT2D eigenvalue weighted by atomic mass is 19.1. The molecule has 0 aliphatic rings. The minimum Gasteiger partial charge on any atom is -0.478 e. The summed E-state index contributed by atoms with van der Waals surface area (Å²) in [5, 5.41) is 8.98. The molecule has 0 saturated heterocycles. The highest BCUT2D eigenvalue weighted by molar-refractivity contribution is 5.95. The lowest BCUT2D eigenvalue weighted by molar-refractivity contribution is 0.0698. The number of nitrogen functional groups attached to an aromatic ring is 1. The van der Waals surface area contributed by atoms with E-state index in [1.807, 2.05) is 0 Å². The first-order valence-electron chi connectivity index (χ1n) is 5.53. The number of hydrogen-bond donors (Lipinski definition) is 2. The van der Waals surface area contributed by atoms with Gasteiger partial charge >= 0.3 is 5.97 Å². The number of carboxylic acid groups (broad SMARTS) is 1. The molecule has 2 aromatic rings. The van der Waals surface area contributed by atoms with E-state index in [1.54, 1.807) is 24.3 Å². The van der Waals surface area contributed by atoms with Gasteiger partial charge in [-0.15, -0.1) is 0 Å². The summed E-state index contributed by atoms with van der Waals surface area (Å²) in [6, 6.07) is 4.00. The smallest absolute Gasteiger partial charge is 0.337 e. The number of furan rings is 1. The molecule has 1 aromatic carbocycles. The van der Waals surface area contributed by atoms with Gasteiger partial charge in [-0.3, -0.25) is 0 Å². The minimum atomic E-state index is -1.18. The van der Waals surface area contributed by atoms with Crippen LogP contribution >= 0.6 is 0 Å². The van der Waals surface area contributed by atoms with Crippen LogP contribution in [0.5, 0.6) is 0 Å². The molecule has 0 spiro atoms. The van der Waals surface area contributed by atoms with Crippen molar-refractivity contribution >= 4 is 17.3 Å². The lowest BCUT2D eigenvalue weighted by Gasteiger charge is -2.20. The van der Waals surface area contributed by atoms with Crippen molar-refractivity contribution in [3.05, 3.63) is 47.7 Å². The first-order chi connectivity index (χ1) is 8.99. The predicted molar refractivity (Wildman–Crippen MR) is 68.6 cm³/mol. The van der Waals surface area contributed by atoms with Gasteiger partial charge in [0.25, 0.3) is 0 Å². The van der Waals surface area contributed by atoms with E-state index in [-0.39, 0.29) is 16.9 Å². The zero-order chi connectivity index (χ0) is 14.0. The number of halogens is 1. The lowest BCUT2D eigenvalue weighted by Crippen LogP contribution is -2.18. The summed E-state index contributed by atoms with van der Waals surface area (Å²) in [5.74, 6) is -1.75. The highest BCUT2D eigenvalue weighted by Crippen LogP contribution is 2.26. The van der Waals surface area contributed by atoms with Crippen LogP contribution in [0.3, 0.4) is 0 Å². The molecule has 0 amide bonds. The van der Waals surface area contributed by atoms with Crippen molar-refractivity contribution in [3.63, 3.8) is 0 Å². The molecule has 0 aliphatic carbocycles. The molecule has 6 heteroatoms. The molecule has 0 saturated carbocycles. The number of carboxylic acids is 1. The van der Waals surface area contributed by atoms with Gasteiger partial charge in [0.05, 0.1) is 23.8 Å². The summed E-state index contributed by atoms with van der Waals surface area (Å²) in [5.41, 5.74) is 6.30. The summed E-state index contributed by atoms with van der Waals surface area (Å²) < 4.78 is 18.8. The Labute approximate surface area is 109 Å². The molecule has 0 bridgehead atoms. The Morgan fingerprint density at radius 2 is 2.26 bits per heavy atom. The monoisotopic (exact) mass is 264 g/mol. The second-order valence-corrected chi connectivity index (χ2v) is 4.18. The minimum absolute atomic E-state index is 0.0922. The maximum absolute atomic E-state index is 13.8. The largest absolute Gasteiger partial charge is 0.478 e. The average molecular weight is 264 g/mol. The number of carbonyl (C=O) groups is 1. The summed E-state index contributed by atoms with van der Waals surface area (Å²) in [6.07, 6.45) is 3.06. The van der Waals surface area contributed by atoms with Gasteiger partial charge in [-0.2, -0.15) is 0 Å². The Kier molecular flexibility index (Phi) is 3.41. The van der Waals surface area contributed by atoms with Crippen molar-refractivity contribution in [1.82, 2.24) is 0 Å². The van der Waals surface area contributed by atoms with Crippen LogP contribution in [0.15, 0.2) is 35.1 Å². The van der Waals surface area contributed by atoms with E-state index in [4.69, 9.17) is 15.3 Å². The fraction of sp³-hybridized carbons (Fsp3) is 0.154. The zero-order valence-electron chi connectivity index (χ0n) is 10.3. The van der Waals surface area contributed by atoms with E-state index in [2.05, 4.69) is 0 Å². The van der Waals surface area contributed by atoms with Gasteiger partial charge in [0.1, 0.15) is 5.82 Å². The molecule has 0 aliphatic heterocycles. The molecule has 0 fully saturated rings. The van der Waals surface area contributed by atoms with E-state index in [0.717, 1.165) is 11.6 Å². The molecular formula is C13H13FN2O3. The Hall–Kier alpha value is -2.50. The molecule has 5 nitrogen and oxygen atoms in total. The Morgan fingerprint density at radius 3 is 2.84 bits per heavy atom.